The average molecular weight is 293 g/mol. The standard InChI is InChI=1S/C10H13ClN2O4S/c11-9-4-8(5-12-10(9)15)18(16,17)13-3-1-2-7(13)6-14/h4-5,7,14H,1-3,6H2,(H,12,15)/t7-/m0/s1. The molecule has 1 aliphatic rings. The second-order valence-electron chi connectivity index (χ2n) is 4.11. The number of sulfonamides is 1. The summed E-state index contributed by atoms with van der Waals surface area (Å²) < 4.78 is 25.8. The van der Waals surface area contributed by atoms with E-state index in [-0.39, 0.29) is 16.5 Å². The summed E-state index contributed by atoms with van der Waals surface area (Å²) >= 11 is 5.62. The van der Waals surface area contributed by atoms with Gasteiger partial charge in [0.15, 0.2) is 0 Å². The molecule has 1 aliphatic heterocycles. The lowest BCUT2D eigenvalue weighted by Crippen LogP contribution is -2.37. The first-order valence-electron chi connectivity index (χ1n) is 5.47. The molecule has 0 spiro atoms. The summed E-state index contributed by atoms with van der Waals surface area (Å²) in [5.74, 6) is 0. The summed E-state index contributed by atoms with van der Waals surface area (Å²) in [6, 6.07) is 0.725. The van der Waals surface area contributed by atoms with Gasteiger partial charge in [-0.3, -0.25) is 4.79 Å². The molecule has 18 heavy (non-hydrogen) atoms. The van der Waals surface area contributed by atoms with E-state index in [4.69, 9.17) is 16.7 Å². The molecule has 1 atom stereocenters. The number of rotatable bonds is 3. The maximum Gasteiger partial charge on any atom is 0.266 e. The Labute approximate surface area is 109 Å². The van der Waals surface area contributed by atoms with Crippen molar-refractivity contribution in [2.24, 2.45) is 0 Å². The van der Waals surface area contributed by atoms with Crippen molar-refractivity contribution < 1.29 is 13.5 Å². The third-order valence-electron chi connectivity index (χ3n) is 2.97. The third-order valence-corrected chi connectivity index (χ3v) is 5.18. The van der Waals surface area contributed by atoms with Gasteiger partial charge in [-0.15, -0.1) is 0 Å². The highest BCUT2D eigenvalue weighted by atomic mass is 35.5. The van der Waals surface area contributed by atoms with Crippen LogP contribution in [-0.4, -0.2) is 42.0 Å². The number of aromatic amines is 1. The van der Waals surface area contributed by atoms with E-state index in [1.807, 2.05) is 0 Å². The lowest BCUT2D eigenvalue weighted by atomic mass is 10.2. The van der Waals surface area contributed by atoms with Crippen molar-refractivity contribution in [2.75, 3.05) is 13.2 Å². The van der Waals surface area contributed by atoms with Gasteiger partial charge in [-0.1, -0.05) is 11.6 Å². The first-order chi connectivity index (χ1) is 8.46. The van der Waals surface area contributed by atoms with E-state index in [1.165, 1.54) is 4.31 Å². The molecule has 0 saturated carbocycles. The Morgan fingerprint density at radius 3 is 2.89 bits per heavy atom. The number of aliphatic hydroxyl groups excluding tert-OH is 1. The van der Waals surface area contributed by atoms with Gasteiger partial charge in [-0.25, -0.2) is 8.42 Å². The lowest BCUT2D eigenvalue weighted by molar-refractivity contribution is 0.213. The Balaban J connectivity index is 2.41. The Kier molecular flexibility index (Phi) is 3.76. The number of nitrogens with zero attached hydrogens (tertiary/aromatic N) is 1. The van der Waals surface area contributed by atoms with E-state index in [0.29, 0.717) is 19.4 Å². The van der Waals surface area contributed by atoms with Crippen LogP contribution in [0.5, 0.6) is 0 Å². The molecular formula is C10H13ClN2O4S. The second kappa shape index (κ2) is 5.00. The van der Waals surface area contributed by atoms with Crippen LogP contribution < -0.4 is 5.56 Å². The van der Waals surface area contributed by atoms with Gasteiger partial charge in [0.25, 0.3) is 5.56 Å². The smallest absolute Gasteiger partial charge is 0.266 e. The summed E-state index contributed by atoms with van der Waals surface area (Å²) in [7, 11) is -3.72. The van der Waals surface area contributed by atoms with Gasteiger partial charge in [0.05, 0.1) is 11.5 Å². The van der Waals surface area contributed by atoms with Crippen molar-refractivity contribution >= 4 is 21.6 Å². The van der Waals surface area contributed by atoms with Crippen LogP contribution in [0.3, 0.4) is 0 Å². The number of hydrogen-bond acceptors (Lipinski definition) is 4. The highest BCUT2D eigenvalue weighted by Crippen LogP contribution is 2.25. The zero-order chi connectivity index (χ0) is 13.3. The first kappa shape index (κ1) is 13.5. The van der Waals surface area contributed by atoms with Crippen molar-refractivity contribution in [2.45, 2.75) is 23.8 Å². The molecule has 1 aromatic heterocycles. The topological polar surface area (TPSA) is 90.5 Å². The fraction of sp³-hybridized carbons (Fsp3) is 0.500. The molecule has 0 radical (unpaired) electrons. The first-order valence-corrected chi connectivity index (χ1v) is 7.29. The van der Waals surface area contributed by atoms with Crippen LogP contribution in [-0.2, 0) is 10.0 Å². The Hall–Kier alpha value is -0.890. The van der Waals surface area contributed by atoms with E-state index in [0.717, 1.165) is 12.3 Å². The molecule has 2 rings (SSSR count). The van der Waals surface area contributed by atoms with Crippen LogP contribution in [0.25, 0.3) is 0 Å². The Morgan fingerprint density at radius 2 is 2.28 bits per heavy atom. The van der Waals surface area contributed by atoms with E-state index in [9.17, 15) is 13.2 Å². The second-order valence-corrected chi connectivity index (χ2v) is 6.40. The monoisotopic (exact) mass is 292 g/mol. The molecule has 100 valence electrons. The zero-order valence-electron chi connectivity index (χ0n) is 9.47. The number of hydrogen-bond donors (Lipinski definition) is 2. The molecule has 1 fully saturated rings. The molecule has 2 heterocycles. The molecule has 0 amide bonds. The summed E-state index contributed by atoms with van der Waals surface area (Å²) in [6.07, 6.45) is 2.46. The average Bonchev–Trinajstić information content (AvgIpc) is 2.81. The number of pyridine rings is 1. The van der Waals surface area contributed by atoms with E-state index in [1.54, 1.807) is 0 Å². The highest BCUT2D eigenvalue weighted by Gasteiger charge is 2.35. The van der Waals surface area contributed by atoms with E-state index in [2.05, 4.69) is 4.98 Å². The lowest BCUT2D eigenvalue weighted by Gasteiger charge is -2.22. The molecule has 1 aromatic rings. The highest BCUT2D eigenvalue weighted by molar-refractivity contribution is 7.89. The van der Waals surface area contributed by atoms with Crippen molar-refractivity contribution in [3.05, 3.63) is 27.6 Å². The van der Waals surface area contributed by atoms with Gasteiger partial charge in [-0.2, -0.15) is 4.31 Å². The third kappa shape index (κ3) is 2.31. The van der Waals surface area contributed by atoms with Crippen LogP contribution in [0.1, 0.15) is 12.8 Å². The summed E-state index contributed by atoms with van der Waals surface area (Å²) in [5, 5.41) is 8.98. The van der Waals surface area contributed by atoms with Crippen molar-refractivity contribution in [3.63, 3.8) is 0 Å². The fourth-order valence-electron chi connectivity index (χ4n) is 2.03. The van der Waals surface area contributed by atoms with Crippen LogP contribution in [0.4, 0.5) is 0 Å². The van der Waals surface area contributed by atoms with E-state index < -0.39 is 21.6 Å². The molecule has 0 aliphatic carbocycles. The van der Waals surface area contributed by atoms with Gasteiger partial charge in [0.2, 0.25) is 10.0 Å². The number of halogens is 1. The Bertz CT molecular complexity index is 598. The van der Waals surface area contributed by atoms with Crippen molar-refractivity contribution in [1.82, 2.24) is 9.29 Å². The van der Waals surface area contributed by atoms with Crippen LogP contribution >= 0.6 is 11.6 Å². The van der Waals surface area contributed by atoms with E-state index >= 15 is 0 Å². The molecule has 6 nitrogen and oxygen atoms in total. The van der Waals surface area contributed by atoms with Crippen molar-refractivity contribution in [1.29, 1.82) is 0 Å². The van der Waals surface area contributed by atoms with Gasteiger partial charge in [0.1, 0.15) is 5.02 Å². The predicted octanol–water partition coefficient (Wildman–Crippen LogP) is 0.174. The van der Waals surface area contributed by atoms with Crippen molar-refractivity contribution in [3.8, 4) is 0 Å². The van der Waals surface area contributed by atoms with Gasteiger partial charge in [-0.05, 0) is 18.9 Å². The van der Waals surface area contributed by atoms with Gasteiger partial charge < -0.3 is 10.1 Å². The summed E-state index contributed by atoms with van der Waals surface area (Å²) in [5.41, 5.74) is -0.532. The quantitative estimate of drug-likeness (QED) is 0.831. The SMILES string of the molecule is O=c1[nH]cc(S(=O)(=O)N2CCC[C@H]2CO)cc1Cl. The minimum absolute atomic E-state index is 0.0625. The van der Waals surface area contributed by atoms with Crippen LogP contribution in [0.15, 0.2) is 22.0 Å². The van der Waals surface area contributed by atoms with Gasteiger partial charge >= 0.3 is 0 Å². The molecule has 0 aromatic carbocycles. The molecule has 1 saturated heterocycles. The maximum absolute atomic E-state index is 12.3. The minimum Gasteiger partial charge on any atom is -0.395 e. The van der Waals surface area contributed by atoms with Crippen LogP contribution in [0, 0.1) is 0 Å². The summed E-state index contributed by atoms with van der Waals surface area (Å²) in [6.45, 7) is 0.153. The molecule has 2 N–H and O–H groups in total. The molecular weight excluding hydrogens is 280 g/mol. The molecule has 0 bridgehead atoms. The largest absolute Gasteiger partial charge is 0.395 e. The zero-order valence-corrected chi connectivity index (χ0v) is 11.0. The summed E-state index contributed by atoms with van der Waals surface area (Å²) in [4.78, 5) is 13.3. The normalized spacial score (nSPS) is 21.3. The minimum atomic E-state index is -3.72. The number of aliphatic hydroxyl groups is 1. The Morgan fingerprint density at radius 1 is 1.56 bits per heavy atom. The van der Waals surface area contributed by atoms with Crippen LogP contribution in [0.2, 0.25) is 5.02 Å². The molecule has 0 unspecified atom stereocenters. The van der Waals surface area contributed by atoms with Gasteiger partial charge in [0, 0.05) is 18.8 Å². The number of aromatic nitrogens is 1. The molecule has 8 heteroatoms. The predicted molar refractivity (Wildman–Crippen MR) is 66.1 cm³/mol. The number of H-pyrrole nitrogens is 1. The fourth-order valence-corrected chi connectivity index (χ4v) is 3.95. The number of nitrogens with one attached hydrogen (secondary N) is 1. The maximum atomic E-state index is 12.3.